The number of nitrogens with one attached hydrogen (secondary N) is 1. The summed E-state index contributed by atoms with van der Waals surface area (Å²) in [5.41, 5.74) is 2.87. The van der Waals surface area contributed by atoms with Gasteiger partial charge in [0.05, 0.1) is 12.4 Å². The molecular formula is C19H20FN3O. The molecule has 24 heavy (non-hydrogen) atoms. The van der Waals surface area contributed by atoms with Crippen molar-refractivity contribution < 1.29 is 9.50 Å². The van der Waals surface area contributed by atoms with Gasteiger partial charge in [-0.05, 0) is 42.3 Å². The zero-order chi connectivity index (χ0) is 16.9. The van der Waals surface area contributed by atoms with E-state index in [0.29, 0.717) is 12.1 Å². The van der Waals surface area contributed by atoms with Crippen molar-refractivity contribution in [2.75, 3.05) is 0 Å². The van der Waals surface area contributed by atoms with E-state index < -0.39 is 6.10 Å². The highest BCUT2D eigenvalue weighted by Gasteiger charge is 2.15. The molecule has 1 aromatic heterocycles. The van der Waals surface area contributed by atoms with Crippen molar-refractivity contribution in [1.29, 1.82) is 0 Å². The Morgan fingerprint density at radius 2 is 1.83 bits per heavy atom. The quantitative estimate of drug-likeness (QED) is 0.731. The maximum absolute atomic E-state index is 13.0. The van der Waals surface area contributed by atoms with Gasteiger partial charge in [-0.2, -0.15) is 0 Å². The molecule has 0 radical (unpaired) electrons. The smallest absolute Gasteiger partial charge is 0.123 e. The third kappa shape index (κ3) is 3.88. The fraction of sp³-hybridized carbons (Fsp3) is 0.211. The van der Waals surface area contributed by atoms with Gasteiger partial charge in [0.2, 0.25) is 0 Å². The van der Waals surface area contributed by atoms with Gasteiger partial charge in [-0.15, -0.1) is 0 Å². The summed E-state index contributed by atoms with van der Waals surface area (Å²) in [6.07, 6.45) is 4.72. The predicted molar refractivity (Wildman–Crippen MR) is 91.2 cm³/mol. The molecule has 1 heterocycles. The van der Waals surface area contributed by atoms with Crippen molar-refractivity contribution >= 4 is 0 Å². The Labute approximate surface area is 140 Å². The van der Waals surface area contributed by atoms with Crippen LogP contribution in [0, 0.1) is 5.82 Å². The van der Waals surface area contributed by atoms with Gasteiger partial charge in [0.15, 0.2) is 0 Å². The molecule has 5 heteroatoms. The number of aromatic nitrogens is 2. The maximum atomic E-state index is 13.0. The number of benzene rings is 2. The van der Waals surface area contributed by atoms with Crippen LogP contribution < -0.4 is 5.32 Å². The van der Waals surface area contributed by atoms with Crippen LogP contribution in [0.25, 0.3) is 5.69 Å². The number of aliphatic hydroxyl groups is 1. The second-order valence-electron chi connectivity index (χ2n) is 5.80. The first-order valence-electron chi connectivity index (χ1n) is 7.87. The molecule has 0 amide bonds. The Balaban J connectivity index is 1.57. The van der Waals surface area contributed by atoms with E-state index in [0.717, 1.165) is 11.3 Å². The molecule has 3 aromatic rings. The lowest BCUT2D eigenvalue weighted by atomic mass is 10.0. The summed E-state index contributed by atoms with van der Waals surface area (Å²) >= 11 is 0. The normalized spacial score (nSPS) is 13.6. The van der Waals surface area contributed by atoms with Crippen molar-refractivity contribution in [3.8, 4) is 5.69 Å². The zero-order valence-corrected chi connectivity index (χ0v) is 13.4. The summed E-state index contributed by atoms with van der Waals surface area (Å²) in [5.74, 6) is -0.301. The highest BCUT2D eigenvalue weighted by Crippen LogP contribution is 2.18. The van der Waals surface area contributed by atoms with E-state index in [2.05, 4.69) is 10.3 Å². The lowest BCUT2D eigenvalue weighted by Crippen LogP contribution is -2.31. The van der Waals surface area contributed by atoms with Gasteiger partial charge in [0.1, 0.15) is 5.82 Å². The minimum Gasteiger partial charge on any atom is -0.387 e. The largest absolute Gasteiger partial charge is 0.387 e. The van der Waals surface area contributed by atoms with E-state index in [-0.39, 0.29) is 11.9 Å². The molecule has 0 saturated heterocycles. The van der Waals surface area contributed by atoms with Gasteiger partial charge < -0.3 is 15.0 Å². The van der Waals surface area contributed by atoms with Gasteiger partial charge in [-0.25, -0.2) is 9.37 Å². The molecule has 3 rings (SSSR count). The molecule has 0 bridgehead atoms. The first-order chi connectivity index (χ1) is 11.6. The number of nitrogens with zero attached hydrogens (tertiary/aromatic N) is 2. The zero-order valence-electron chi connectivity index (χ0n) is 13.4. The van der Waals surface area contributed by atoms with E-state index in [1.165, 1.54) is 12.1 Å². The highest BCUT2D eigenvalue weighted by molar-refractivity contribution is 5.34. The predicted octanol–water partition coefficient (Wildman–Crippen LogP) is 3.22. The van der Waals surface area contributed by atoms with Gasteiger partial charge >= 0.3 is 0 Å². The standard InChI is InChI=1S/C19H20FN3O/c1-14(19(24)16-4-6-17(20)7-5-16)22-12-15-2-8-18(9-3-15)23-11-10-21-13-23/h2-11,13-14,19,22,24H,12H2,1H3. The molecule has 0 aliphatic heterocycles. The molecule has 0 saturated carbocycles. The van der Waals surface area contributed by atoms with E-state index in [1.54, 1.807) is 24.7 Å². The third-order valence-corrected chi connectivity index (χ3v) is 4.05. The Bertz CT molecular complexity index is 754. The molecular weight excluding hydrogens is 305 g/mol. The molecule has 2 N–H and O–H groups in total. The molecule has 2 unspecified atom stereocenters. The Morgan fingerprint density at radius 3 is 2.46 bits per heavy atom. The van der Waals surface area contributed by atoms with Gasteiger partial charge in [-0.1, -0.05) is 24.3 Å². The lowest BCUT2D eigenvalue weighted by Gasteiger charge is -2.21. The Hall–Kier alpha value is -2.50. The van der Waals surface area contributed by atoms with E-state index in [1.807, 2.05) is 42.0 Å². The molecule has 4 nitrogen and oxygen atoms in total. The minimum atomic E-state index is -0.684. The minimum absolute atomic E-state index is 0.149. The summed E-state index contributed by atoms with van der Waals surface area (Å²) < 4.78 is 14.9. The van der Waals surface area contributed by atoms with Gasteiger partial charge in [0, 0.05) is 30.7 Å². The van der Waals surface area contributed by atoms with Crippen molar-refractivity contribution in [2.45, 2.75) is 25.6 Å². The maximum Gasteiger partial charge on any atom is 0.123 e. The highest BCUT2D eigenvalue weighted by atomic mass is 19.1. The summed E-state index contributed by atoms with van der Waals surface area (Å²) in [6.45, 7) is 2.55. The van der Waals surface area contributed by atoms with Crippen molar-refractivity contribution in [3.63, 3.8) is 0 Å². The molecule has 2 atom stereocenters. The van der Waals surface area contributed by atoms with Crippen LogP contribution in [0.1, 0.15) is 24.2 Å². The summed E-state index contributed by atoms with van der Waals surface area (Å²) in [6, 6.07) is 13.9. The molecule has 0 aliphatic rings. The molecule has 124 valence electrons. The average Bonchev–Trinajstić information content (AvgIpc) is 3.15. The van der Waals surface area contributed by atoms with Crippen LogP contribution in [0.15, 0.2) is 67.3 Å². The number of halogens is 1. The van der Waals surface area contributed by atoms with Gasteiger partial charge in [-0.3, -0.25) is 0 Å². The van der Waals surface area contributed by atoms with Crippen molar-refractivity contribution in [3.05, 3.63) is 84.2 Å². The fourth-order valence-corrected chi connectivity index (χ4v) is 2.54. The van der Waals surface area contributed by atoms with Crippen LogP contribution in [-0.2, 0) is 6.54 Å². The van der Waals surface area contributed by atoms with Crippen LogP contribution in [0.4, 0.5) is 4.39 Å². The molecule has 0 fully saturated rings. The summed E-state index contributed by atoms with van der Waals surface area (Å²) in [7, 11) is 0. The van der Waals surface area contributed by atoms with E-state index in [9.17, 15) is 9.50 Å². The number of aliphatic hydroxyl groups excluding tert-OH is 1. The van der Waals surface area contributed by atoms with Crippen LogP contribution in [0.5, 0.6) is 0 Å². The van der Waals surface area contributed by atoms with Gasteiger partial charge in [0.25, 0.3) is 0 Å². The molecule has 2 aromatic carbocycles. The second-order valence-corrected chi connectivity index (χ2v) is 5.80. The third-order valence-electron chi connectivity index (χ3n) is 4.05. The van der Waals surface area contributed by atoms with Crippen molar-refractivity contribution in [2.24, 2.45) is 0 Å². The first kappa shape index (κ1) is 16.4. The topological polar surface area (TPSA) is 50.1 Å². The fourth-order valence-electron chi connectivity index (χ4n) is 2.54. The Morgan fingerprint density at radius 1 is 1.12 bits per heavy atom. The SMILES string of the molecule is CC(NCc1ccc(-n2ccnc2)cc1)C(O)c1ccc(F)cc1. The van der Waals surface area contributed by atoms with Crippen molar-refractivity contribution in [1.82, 2.24) is 14.9 Å². The average molecular weight is 325 g/mol. The Kier molecular flexibility index (Phi) is 5.03. The van der Waals surface area contributed by atoms with Crippen LogP contribution in [-0.4, -0.2) is 20.7 Å². The van der Waals surface area contributed by atoms with Crippen LogP contribution >= 0.6 is 0 Å². The van der Waals surface area contributed by atoms with Crippen LogP contribution in [0.2, 0.25) is 0 Å². The molecule has 0 spiro atoms. The summed E-state index contributed by atoms with van der Waals surface area (Å²) in [5, 5.41) is 13.6. The van der Waals surface area contributed by atoms with E-state index >= 15 is 0 Å². The summed E-state index contributed by atoms with van der Waals surface area (Å²) in [4.78, 5) is 4.03. The number of rotatable bonds is 6. The first-order valence-corrected chi connectivity index (χ1v) is 7.87. The number of hydrogen-bond acceptors (Lipinski definition) is 3. The van der Waals surface area contributed by atoms with E-state index in [4.69, 9.17) is 0 Å². The lowest BCUT2D eigenvalue weighted by molar-refractivity contribution is 0.135. The molecule has 0 aliphatic carbocycles. The number of hydrogen-bond donors (Lipinski definition) is 2. The van der Waals surface area contributed by atoms with Crippen LogP contribution in [0.3, 0.4) is 0 Å². The number of imidazole rings is 1. The monoisotopic (exact) mass is 325 g/mol. The second kappa shape index (κ2) is 7.38.